The molecule has 5 aliphatic rings. The highest BCUT2D eigenvalue weighted by Gasteiger charge is 2.54. The van der Waals surface area contributed by atoms with Crippen LogP contribution in [0.25, 0.3) is 0 Å². The van der Waals surface area contributed by atoms with Gasteiger partial charge in [0.15, 0.2) is 11.5 Å². The first-order valence-electron chi connectivity index (χ1n) is 9.42. The molecule has 3 nitrogen and oxygen atoms in total. The standard InChI is InChI=1S/C20H27NO2/c1-13(20-8-15-4-16(9-20)6-17(5-15)10-20)21-11-14-2-3-18-19(7-14)23-12-22-18/h2-3,7,13,15-17,21H,4-6,8-12H2,1H3/p+1/t13-,15?,16?,17?,20?/m0/s1. The quantitative estimate of drug-likeness (QED) is 0.927. The molecule has 4 fully saturated rings. The molecule has 3 heteroatoms. The van der Waals surface area contributed by atoms with E-state index in [1.54, 1.807) is 0 Å². The number of ether oxygens (including phenoxy) is 2. The van der Waals surface area contributed by atoms with Crippen LogP contribution in [0.15, 0.2) is 18.2 Å². The second-order valence-corrected chi connectivity index (χ2v) is 8.70. The number of hydrogen-bond donors (Lipinski definition) is 1. The summed E-state index contributed by atoms with van der Waals surface area (Å²) in [6.07, 6.45) is 9.10. The van der Waals surface area contributed by atoms with Crippen LogP contribution in [0.1, 0.15) is 51.0 Å². The third kappa shape index (κ3) is 2.36. The van der Waals surface area contributed by atoms with Crippen molar-refractivity contribution >= 4 is 0 Å². The Bertz CT molecular complexity index is 576. The van der Waals surface area contributed by atoms with E-state index in [0.29, 0.717) is 12.2 Å². The molecule has 1 aromatic rings. The van der Waals surface area contributed by atoms with E-state index in [1.807, 2.05) is 0 Å². The fourth-order valence-corrected chi connectivity index (χ4v) is 6.37. The third-order valence-electron chi connectivity index (χ3n) is 7.20. The SMILES string of the molecule is C[C@H]([NH2+]Cc1ccc2c(c1)OCO2)C12CC3CC(CC(C3)C1)C2. The zero-order valence-electron chi connectivity index (χ0n) is 14.1. The average Bonchev–Trinajstić information content (AvgIpc) is 2.99. The Kier molecular flexibility index (Phi) is 3.16. The maximum absolute atomic E-state index is 5.51. The molecule has 2 N–H and O–H groups in total. The Morgan fingerprint density at radius 3 is 2.39 bits per heavy atom. The fourth-order valence-electron chi connectivity index (χ4n) is 6.37. The molecule has 6 rings (SSSR count). The van der Waals surface area contributed by atoms with Gasteiger partial charge in [0.2, 0.25) is 6.79 Å². The maximum atomic E-state index is 5.51. The number of benzene rings is 1. The normalized spacial score (nSPS) is 38.0. The van der Waals surface area contributed by atoms with Gasteiger partial charge in [-0.25, -0.2) is 0 Å². The van der Waals surface area contributed by atoms with E-state index in [9.17, 15) is 0 Å². The van der Waals surface area contributed by atoms with Gasteiger partial charge < -0.3 is 14.8 Å². The van der Waals surface area contributed by atoms with Gasteiger partial charge in [0, 0.05) is 11.0 Å². The van der Waals surface area contributed by atoms with Crippen LogP contribution in [0, 0.1) is 23.2 Å². The lowest BCUT2D eigenvalue weighted by atomic mass is 9.48. The molecule has 4 saturated carbocycles. The summed E-state index contributed by atoms with van der Waals surface area (Å²) in [6, 6.07) is 7.14. The number of hydrogen-bond acceptors (Lipinski definition) is 2. The van der Waals surface area contributed by atoms with Gasteiger partial charge in [-0.05, 0) is 81.4 Å². The summed E-state index contributed by atoms with van der Waals surface area (Å²) in [5.74, 6) is 4.94. The molecule has 1 aromatic carbocycles. The zero-order valence-corrected chi connectivity index (χ0v) is 14.1. The first-order valence-corrected chi connectivity index (χ1v) is 9.42. The van der Waals surface area contributed by atoms with Gasteiger partial charge in [0.1, 0.15) is 6.54 Å². The Morgan fingerprint density at radius 2 is 1.70 bits per heavy atom. The van der Waals surface area contributed by atoms with Crippen LogP contribution < -0.4 is 14.8 Å². The van der Waals surface area contributed by atoms with Crippen molar-refractivity contribution in [2.75, 3.05) is 6.79 Å². The van der Waals surface area contributed by atoms with Crippen LogP contribution in [-0.4, -0.2) is 12.8 Å². The minimum absolute atomic E-state index is 0.367. The maximum Gasteiger partial charge on any atom is 0.231 e. The summed E-state index contributed by atoms with van der Waals surface area (Å²) in [5, 5.41) is 2.59. The number of rotatable bonds is 4. The van der Waals surface area contributed by atoms with E-state index in [4.69, 9.17) is 9.47 Å². The number of fused-ring (bicyclic) bond motifs is 1. The number of quaternary nitrogens is 1. The highest BCUT2D eigenvalue weighted by molar-refractivity contribution is 5.44. The van der Waals surface area contributed by atoms with E-state index in [2.05, 4.69) is 30.4 Å². The van der Waals surface area contributed by atoms with Crippen molar-refractivity contribution in [1.29, 1.82) is 0 Å². The van der Waals surface area contributed by atoms with Crippen LogP contribution in [0.4, 0.5) is 0 Å². The van der Waals surface area contributed by atoms with Crippen molar-refractivity contribution in [2.24, 2.45) is 23.2 Å². The molecule has 23 heavy (non-hydrogen) atoms. The van der Waals surface area contributed by atoms with E-state index < -0.39 is 0 Å². The number of nitrogens with two attached hydrogens (primary N) is 1. The van der Waals surface area contributed by atoms with Gasteiger partial charge in [-0.15, -0.1) is 0 Å². The Hall–Kier alpha value is -1.22. The van der Waals surface area contributed by atoms with E-state index in [0.717, 1.165) is 41.8 Å². The molecule has 124 valence electrons. The van der Waals surface area contributed by atoms with Crippen molar-refractivity contribution in [1.82, 2.24) is 0 Å². The third-order valence-corrected chi connectivity index (χ3v) is 7.20. The molecule has 1 atom stereocenters. The predicted molar refractivity (Wildman–Crippen MR) is 88.3 cm³/mol. The molecule has 0 aromatic heterocycles. The van der Waals surface area contributed by atoms with Crippen molar-refractivity contribution in [3.63, 3.8) is 0 Å². The summed E-state index contributed by atoms with van der Waals surface area (Å²) in [6.45, 7) is 3.91. The van der Waals surface area contributed by atoms with Crippen LogP contribution in [0.2, 0.25) is 0 Å². The van der Waals surface area contributed by atoms with Crippen LogP contribution >= 0.6 is 0 Å². The van der Waals surface area contributed by atoms with E-state index >= 15 is 0 Å². The second-order valence-electron chi connectivity index (χ2n) is 8.70. The lowest BCUT2D eigenvalue weighted by Gasteiger charge is -2.57. The molecule has 0 saturated heterocycles. The van der Waals surface area contributed by atoms with Gasteiger partial charge in [0.25, 0.3) is 0 Å². The molecule has 4 bridgehead atoms. The summed E-state index contributed by atoms with van der Waals surface area (Å²) in [5.41, 5.74) is 1.98. The van der Waals surface area contributed by atoms with Gasteiger partial charge in [-0.3, -0.25) is 0 Å². The van der Waals surface area contributed by atoms with Gasteiger partial charge in [0.05, 0.1) is 6.04 Å². The highest BCUT2D eigenvalue weighted by Crippen LogP contribution is 2.60. The summed E-state index contributed by atoms with van der Waals surface area (Å²) < 4.78 is 10.9. The largest absolute Gasteiger partial charge is 0.454 e. The fraction of sp³-hybridized carbons (Fsp3) is 0.700. The molecular weight excluding hydrogens is 286 g/mol. The average molecular weight is 314 g/mol. The van der Waals surface area contributed by atoms with Gasteiger partial charge in [-0.2, -0.15) is 0 Å². The molecule has 0 amide bonds. The molecule has 4 aliphatic carbocycles. The Balaban J connectivity index is 1.28. The smallest absolute Gasteiger partial charge is 0.231 e. The van der Waals surface area contributed by atoms with E-state index in [1.165, 1.54) is 44.1 Å². The topological polar surface area (TPSA) is 35.1 Å². The van der Waals surface area contributed by atoms with Gasteiger partial charge in [-0.1, -0.05) is 0 Å². The molecular formula is C20H28NO2+. The first kappa shape index (κ1) is 14.2. The Morgan fingerprint density at radius 1 is 1.04 bits per heavy atom. The first-order chi connectivity index (χ1) is 11.2. The Labute approximate surface area is 138 Å². The lowest BCUT2D eigenvalue weighted by Crippen LogP contribution is -2.91. The molecule has 1 aliphatic heterocycles. The zero-order chi connectivity index (χ0) is 15.4. The second kappa shape index (κ2) is 5.14. The van der Waals surface area contributed by atoms with Crippen LogP contribution in [0.5, 0.6) is 11.5 Å². The minimum Gasteiger partial charge on any atom is -0.454 e. The molecule has 0 spiro atoms. The summed E-state index contributed by atoms with van der Waals surface area (Å²) in [7, 11) is 0. The molecule has 0 radical (unpaired) electrons. The van der Waals surface area contributed by atoms with Crippen molar-refractivity contribution in [3.8, 4) is 11.5 Å². The van der Waals surface area contributed by atoms with Crippen LogP contribution in [0.3, 0.4) is 0 Å². The molecule has 0 unspecified atom stereocenters. The van der Waals surface area contributed by atoms with E-state index in [-0.39, 0.29) is 0 Å². The molecule has 1 heterocycles. The van der Waals surface area contributed by atoms with Crippen molar-refractivity contribution in [2.45, 2.75) is 58.0 Å². The van der Waals surface area contributed by atoms with Crippen molar-refractivity contribution < 1.29 is 14.8 Å². The monoisotopic (exact) mass is 314 g/mol. The lowest BCUT2D eigenvalue weighted by molar-refractivity contribution is -0.717. The van der Waals surface area contributed by atoms with Crippen LogP contribution in [-0.2, 0) is 6.54 Å². The van der Waals surface area contributed by atoms with Crippen molar-refractivity contribution in [3.05, 3.63) is 23.8 Å². The highest BCUT2D eigenvalue weighted by atomic mass is 16.7. The summed E-state index contributed by atoms with van der Waals surface area (Å²) in [4.78, 5) is 0. The minimum atomic E-state index is 0.367. The summed E-state index contributed by atoms with van der Waals surface area (Å²) >= 11 is 0. The van der Waals surface area contributed by atoms with Gasteiger partial charge >= 0.3 is 0 Å². The predicted octanol–water partition coefficient (Wildman–Crippen LogP) is 3.08.